The summed E-state index contributed by atoms with van der Waals surface area (Å²) in [5, 5.41) is 0. The molecule has 1 fully saturated rings. The van der Waals surface area contributed by atoms with Crippen LogP contribution >= 0.6 is 15.9 Å². The van der Waals surface area contributed by atoms with Gasteiger partial charge in [0.25, 0.3) is 5.91 Å². The molecule has 6 heteroatoms. The van der Waals surface area contributed by atoms with E-state index in [-0.39, 0.29) is 24.4 Å². The number of benzene rings is 2. The van der Waals surface area contributed by atoms with E-state index in [1.54, 1.807) is 17.0 Å². The Bertz CT molecular complexity index is 756. The van der Waals surface area contributed by atoms with E-state index < -0.39 is 0 Å². The first-order valence-corrected chi connectivity index (χ1v) is 9.82. The van der Waals surface area contributed by atoms with Gasteiger partial charge in [-0.25, -0.2) is 0 Å². The second-order valence-corrected chi connectivity index (χ2v) is 7.32. The van der Waals surface area contributed by atoms with Gasteiger partial charge in [-0.3, -0.25) is 9.59 Å². The number of hydrogen-bond acceptors (Lipinski definition) is 4. The number of esters is 1. The second kappa shape index (κ2) is 9.55. The van der Waals surface area contributed by atoms with Crippen LogP contribution in [-0.4, -0.2) is 43.1 Å². The highest BCUT2D eigenvalue weighted by Crippen LogP contribution is 2.21. The van der Waals surface area contributed by atoms with Gasteiger partial charge in [0, 0.05) is 23.1 Å². The van der Waals surface area contributed by atoms with Crippen LogP contribution < -0.4 is 4.74 Å². The molecule has 0 radical (unpaired) electrons. The third-order valence-corrected chi connectivity index (χ3v) is 5.07. The molecule has 0 saturated carbocycles. The van der Waals surface area contributed by atoms with Crippen LogP contribution in [0.5, 0.6) is 5.75 Å². The quantitative estimate of drug-likeness (QED) is 0.513. The molecular weight excluding hydrogens is 410 g/mol. The molecule has 0 bridgehead atoms. The van der Waals surface area contributed by atoms with Gasteiger partial charge in [0.1, 0.15) is 19.0 Å². The zero-order chi connectivity index (χ0) is 19.1. The first kappa shape index (κ1) is 19.4. The Balaban J connectivity index is 1.38. The zero-order valence-corrected chi connectivity index (χ0v) is 16.6. The van der Waals surface area contributed by atoms with Crippen molar-refractivity contribution in [1.29, 1.82) is 0 Å². The number of carbonyl (C=O) groups is 2. The number of piperidine rings is 1. The van der Waals surface area contributed by atoms with Gasteiger partial charge in [-0.15, -0.1) is 0 Å². The standard InChI is InChI=1S/C21H22BrNO4/c22-18-8-6-16(7-9-18)20(24)23-12-10-17(11-13-23)21(25)27-15-14-26-19-4-2-1-3-5-19/h1-9,17H,10-15H2. The van der Waals surface area contributed by atoms with Crippen molar-refractivity contribution in [1.82, 2.24) is 4.90 Å². The van der Waals surface area contributed by atoms with Gasteiger partial charge < -0.3 is 14.4 Å². The maximum absolute atomic E-state index is 12.5. The molecule has 1 amide bonds. The normalized spacial score (nSPS) is 14.6. The van der Waals surface area contributed by atoms with Crippen LogP contribution in [0, 0.1) is 5.92 Å². The van der Waals surface area contributed by atoms with Crippen LogP contribution in [0.15, 0.2) is 59.1 Å². The van der Waals surface area contributed by atoms with Crippen molar-refractivity contribution in [2.24, 2.45) is 5.92 Å². The van der Waals surface area contributed by atoms with Gasteiger partial charge in [-0.1, -0.05) is 34.1 Å². The largest absolute Gasteiger partial charge is 0.490 e. The van der Waals surface area contributed by atoms with Gasteiger partial charge in [-0.2, -0.15) is 0 Å². The topological polar surface area (TPSA) is 55.8 Å². The Labute approximate surface area is 167 Å². The van der Waals surface area contributed by atoms with Crippen LogP contribution in [0.3, 0.4) is 0 Å². The summed E-state index contributed by atoms with van der Waals surface area (Å²) in [5.74, 6) is 0.400. The first-order valence-electron chi connectivity index (χ1n) is 9.03. The number of rotatable bonds is 6. The number of ether oxygens (including phenoxy) is 2. The molecule has 27 heavy (non-hydrogen) atoms. The molecule has 142 valence electrons. The van der Waals surface area contributed by atoms with E-state index in [1.807, 2.05) is 42.5 Å². The highest BCUT2D eigenvalue weighted by Gasteiger charge is 2.28. The van der Waals surface area contributed by atoms with Crippen LogP contribution in [0.25, 0.3) is 0 Å². The number of halogens is 1. The molecule has 1 saturated heterocycles. The van der Waals surface area contributed by atoms with Crippen LogP contribution in [0.2, 0.25) is 0 Å². The third kappa shape index (κ3) is 5.57. The predicted molar refractivity (Wildman–Crippen MR) is 106 cm³/mol. The lowest BCUT2D eigenvalue weighted by Crippen LogP contribution is -2.40. The summed E-state index contributed by atoms with van der Waals surface area (Å²) in [6.45, 7) is 1.69. The minimum Gasteiger partial charge on any atom is -0.490 e. The summed E-state index contributed by atoms with van der Waals surface area (Å²) >= 11 is 3.37. The van der Waals surface area contributed by atoms with Gasteiger partial charge in [0.2, 0.25) is 0 Å². The number of hydrogen-bond donors (Lipinski definition) is 0. The molecule has 0 N–H and O–H groups in total. The van der Waals surface area contributed by atoms with E-state index in [2.05, 4.69) is 15.9 Å². The molecule has 0 atom stereocenters. The number of likely N-dealkylation sites (tertiary alicyclic amines) is 1. The van der Waals surface area contributed by atoms with Gasteiger partial charge in [0.05, 0.1) is 5.92 Å². The van der Waals surface area contributed by atoms with Crippen molar-refractivity contribution >= 4 is 27.8 Å². The van der Waals surface area contributed by atoms with Gasteiger partial charge in [0.15, 0.2) is 0 Å². The average molecular weight is 432 g/mol. The Morgan fingerprint density at radius 1 is 0.963 bits per heavy atom. The van der Waals surface area contributed by atoms with Crippen molar-refractivity contribution in [3.05, 3.63) is 64.6 Å². The zero-order valence-electron chi connectivity index (χ0n) is 15.0. The molecule has 1 heterocycles. The molecule has 1 aliphatic heterocycles. The summed E-state index contributed by atoms with van der Waals surface area (Å²) in [6.07, 6.45) is 1.25. The average Bonchev–Trinajstić information content (AvgIpc) is 2.72. The fraction of sp³-hybridized carbons (Fsp3) is 0.333. The van der Waals surface area contributed by atoms with Crippen molar-refractivity contribution in [3.8, 4) is 5.75 Å². The van der Waals surface area contributed by atoms with Crippen LogP contribution in [-0.2, 0) is 9.53 Å². The second-order valence-electron chi connectivity index (χ2n) is 6.40. The number of nitrogens with zero attached hydrogens (tertiary/aromatic N) is 1. The van der Waals surface area contributed by atoms with E-state index in [0.29, 0.717) is 38.1 Å². The lowest BCUT2D eigenvalue weighted by Gasteiger charge is -2.31. The smallest absolute Gasteiger partial charge is 0.309 e. The minimum absolute atomic E-state index is 0.00517. The summed E-state index contributed by atoms with van der Waals surface area (Å²) in [5.41, 5.74) is 0.664. The highest BCUT2D eigenvalue weighted by molar-refractivity contribution is 9.10. The summed E-state index contributed by atoms with van der Waals surface area (Å²) in [4.78, 5) is 26.5. The van der Waals surface area contributed by atoms with Crippen LogP contribution in [0.1, 0.15) is 23.2 Å². The van der Waals surface area contributed by atoms with E-state index in [4.69, 9.17) is 9.47 Å². The maximum Gasteiger partial charge on any atom is 0.309 e. The molecule has 0 spiro atoms. The lowest BCUT2D eigenvalue weighted by atomic mass is 9.96. The van der Waals surface area contributed by atoms with Crippen molar-refractivity contribution in [3.63, 3.8) is 0 Å². The Morgan fingerprint density at radius 3 is 2.30 bits per heavy atom. The predicted octanol–water partition coefficient (Wildman–Crippen LogP) is 3.92. The molecule has 2 aromatic carbocycles. The maximum atomic E-state index is 12.5. The number of carbonyl (C=O) groups excluding carboxylic acids is 2. The summed E-state index contributed by atoms with van der Waals surface area (Å²) < 4.78 is 11.8. The number of para-hydroxylation sites is 1. The van der Waals surface area contributed by atoms with E-state index in [9.17, 15) is 9.59 Å². The molecule has 2 aromatic rings. The molecule has 1 aliphatic rings. The van der Waals surface area contributed by atoms with Crippen molar-refractivity contribution < 1.29 is 19.1 Å². The lowest BCUT2D eigenvalue weighted by molar-refractivity contribution is -0.150. The van der Waals surface area contributed by atoms with Crippen LogP contribution in [0.4, 0.5) is 0 Å². The molecule has 5 nitrogen and oxygen atoms in total. The molecular formula is C21H22BrNO4. The Kier molecular flexibility index (Phi) is 6.87. The minimum atomic E-state index is -0.206. The fourth-order valence-corrected chi connectivity index (χ4v) is 3.29. The number of amides is 1. The van der Waals surface area contributed by atoms with E-state index in [0.717, 1.165) is 10.2 Å². The van der Waals surface area contributed by atoms with Gasteiger partial charge >= 0.3 is 5.97 Å². The molecule has 0 aliphatic carbocycles. The fourth-order valence-electron chi connectivity index (χ4n) is 3.03. The Morgan fingerprint density at radius 2 is 1.63 bits per heavy atom. The Hall–Kier alpha value is -2.34. The van der Waals surface area contributed by atoms with E-state index in [1.165, 1.54) is 0 Å². The molecule has 0 aromatic heterocycles. The third-order valence-electron chi connectivity index (χ3n) is 4.55. The monoisotopic (exact) mass is 431 g/mol. The first-order chi connectivity index (χ1) is 13.1. The molecule has 0 unspecified atom stereocenters. The molecule has 3 rings (SSSR count). The summed E-state index contributed by atoms with van der Waals surface area (Å²) in [6, 6.07) is 16.7. The summed E-state index contributed by atoms with van der Waals surface area (Å²) in [7, 11) is 0. The highest BCUT2D eigenvalue weighted by atomic mass is 79.9. The SMILES string of the molecule is O=C(OCCOc1ccccc1)C1CCN(C(=O)c2ccc(Br)cc2)CC1. The van der Waals surface area contributed by atoms with Gasteiger partial charge in [-0.05, 0) is 49.2 Å². The van der Waals surface area contributed by atoms with E-state index >= 15 is 0 Å². The van der Waals surface area contributed by atoms with Crippen molar-refractivity contribution in [2.45, 2.75) is 12.8 Å². The van der Waals surface area contributed by atoms with Crippen molar-refractivity contribution in [2.75, 3.05) is 26.3 Å².